The largest absolute Gasteiger partial charge is 0.477 e. The lowest BCUT2D eigenvalue weighted by molar-refractivity contribution is 0.0691. The van der Waals surface area contributed by atoms with Gasteiger partial charge in [-0.25, -0.2) is 9.18 Å². The number of aryl methyl sites for hydroxylation is 1. The van der Waals surface area contributed by atoms with Crippen molar-refractivity contribution in [3.63, 3.8) is 0 Å². The molecule has 1 aliphatic rings. The Balaban J connectivity index is 1.65. The number of furan rings is 1. The van der Waals surface area contributed by atoms with Gasteiger partial charge in [-0.05, 0) is 31.2 Å². The van der Waals surface area contributed by atoms with Crippen molar-refractivity contribution in [1.29, 1.82) is 0 Å². The van der Waals surface area contributed by atoms with Gasteiger partial charge in [0.25, 0.3) is 5.91 Å². The van der Waals surface area contributed by atoms with Gasteiger partial charge in [-0.2, -0.15) is 0 Å². The highest BCUT2D eigenvalue weighted by molar-refractivity contribution is 5.94. The smallest absolute Gasteiger partial charge is 0.341 e. The molecule has 1 fully saturated rings. The summed E-state index contributed by atoms with van der Waals surface area (Å²) in [7, 11) is 0. The van der Waals surface area contributed by atoms with E-state index in [9.17, 15) is 23.9 Å². The van der Waals surface area contributed by atoms with E-state index in [-0.39, 0.29) is 22.6 Å². The first kappa shape index (κ1) is 19.7. The summed E-state index contributed by atoms with van der Waals surface area (Å²) in [6.07, 6.45) is 2.73. The molecule has 0 atom stereocenters. The lowest BCUT2D eigenvalue weighted by Gasteiger charge is -2.36. The van der Waals surface area contributed by atoms with Gasteiger partial charge in [-0.15, -0.1) is 0 Å². The van der Waals surface area contributed by atoms with Crippen LogP contribution >= 0.6 is 0 Å². The summed E-state index contributed by atoms with van der Waals surface area (Å²) in [5.74, 6) is -1.89. The highest BCUT2D eigenvalue weighted by atomic mass is 19.1. The molecule has 0 bridgehead atoms. The summed E-state index contributed by atoms with van der Waals surface area (Å²) in [6, 6.07) is 5.93. The number of amides is 1. The zero-order valence-electron chi connectivity index (χ0n) is 16.3. The average Bonchev–Trinajstić information content (AvgIpc) is 3.28. The number of aromatic nitrogens is 1. The molecular formula is C21H20FN3O5. The van der Waals surface area contributed by atoms with Crippen molar-refractivity contribution in [2.45, 2.75) is 13.5 Å². The van der Waals surface area contributed by atoms with E-state index in [0.29, 0.717) is 43.9 Å². The highest BCUT2D eigenvalue weighted by Crippen LogP contribution is 2.26. The van der Waals surface area contributed by atoms with Gasteiger partial charge < -0.3 is 23.9 Å². The van der Waals surface area contributed by atoms with Gasteiger partial charge in [0.15, 0.2) is 5.76 Å². The van der Waals surface area contributed by atoms with Gasteiger partial charge in [0, 0.05) is 44.3 Å². The Morgan fingerprint density at radius 2 is 1.93 bits per heavy atom. The molecule has 1 saturated heterocycles. The van der Waals surface area contributed by atoms with E-state index in [2.05, 4.69) is 0 Å². The van der Waals surface area contributed by atoms with Crippen LogP contribution in [0.3, 0.4) is 0 Å². The number of pyridine rings is 1. The van der Waals surface area contributed by atoms with Crippen LogP contribution in [-0.2, 0) is 6.54 Å². The summed E-state index contributed by atoms with van der Waals surface area (Å²) in [4.78, 5) is 39.7. The minimum absolute atomic E-state index is 0.0321. The predicted molar refractivity (Wildman–Crippen MR) is 108 cm³/mol. The number of rotatable bonds is 4. The number of anilines is 1. The number of aromatic carboxylic acids is 1. The van der Waals surface area contributed by atoms with Crippen molar-refractivity contribution < 1.29 is 23.5 Å². The minimum atomic E-state index is -1.34. The lowest BCUT2D eigenvalue weighted by Crippen LogP contribution is -2.49. The maximum Gasteiger partial charge on any atom is 0.341 e. The number of hydrogen-bond acceptors (Lipinski definition) is 5. The van der Waals surface area contributed by atoms with Crippen molar-refractivity contribution in [2.24, 2.45) is 0 Å². The number of carboxylic acids is 1. The summed E-state index contributed by atoms with van der Waals surface area (Å²) < 4.78 is 21.7. The normalized spacial score (nSPS) is 14.3. The number of piperazine rings is 1. The molecule has 0 radical (unpaired) electrons. The molecule has 30 heavy (non-hydrogen) atoms. The van der Waals surface area contributed by atoms with Crippen LogP contribution in [0.25, 0.3) is 10.9 Å². The molecule has 3 heterocycles. The van der Waals surface area contributed by atoms with Crippen LogP contribution in [0.1, 0.15) is 27.8 Å². The van der Waals surface area contributed by atoms with E-state index in [4.69, 9.17) is 4.42 Å². The van der Waals surface area contributed by atoms with Gasteiger partial charge in [0.2, 0.25) is 5.43 Å². The maximum absolute atomic E-state index is 14.9. The summed E-state index contributed by atoms with van der Waals surface area (Å²) in [5, 5.41) is 9.29. The number of carboxylic acid groups (broad SMARTS) is 1. The Bertz CT molecular complexity index is 1180. The van der Waals surface area contributed by atoms with Crippen molar-refractivity contribution in [2.75, 3.05) is 31.1 Å². The van der Waals surface area contributed by atoms with Gasteiger partial charge >= 0.3 is 5.97 Å². The van der Waals surface area contributed by atoms with E-state index in [1.165, 1.54) is 12.5 Å². The number of hydrogen-bond donors (Lipinski definition) is 1. The van der Waals surface area contributed by atoms with Crippen molar-refractivity contribution in [3.05, 3.63) is 64.1 Å². The first-order valence-corrected chi connectivity index (χ1v) is 9.58. The fourth-order valence-corrected chi connectivity index (χ4v) is 3.76. The van der Waals surface area contributed by atoms with Crippen molar-refractivity contribution >= 4 is 28.5 Å². The second kappa shape index (κ2) is 7.66. The minimum Gasteiger partial charge on any atom is -0.477 e. The quantitative estimate of drug-likeness (QED) is 0.706. The predicted octanol–water partition coefficient (Wildman–Crippen LogP) is 2.41. The van der Waals surface area contributed by atoms with Gasteiger partial charge in [0.1, 0.15) is 11.4 Å². The van der Waals surface area contributed by atoms with E-state index in [1.807, 2.05) is 11.8 Å². The first-order valence-electron chi connectivity index (χ1n) is 9.58. The van der Waals surface area contributed by atoms with Crippen LogP contribution in [0.4, 0.5) is 10.1 Å². The average molecular weight is 413 g/mol. The summed E-state index contributed by atoms with van der Waals surface area (Å²) in [5.41, 5.74) is -0.307. The van der Waals surface area contributed by atoms with E-state index in [1.54, 1.807) is 27.7 Å². The zero-order valence-corrected chi connectivity index (χ0v) is 16.3. The lowest BCUT2D eigenvalue weighted by atomic mass is 10.1. The standard InChI is InChI=1S/C21H20FN3O5/c1-2-23-12-14(21(28)29)19(26)13-10-15(22)17(11-16(13)23)24-5-7-25(8-6-24)20(27)18-4-3-9-30-18/h3-4,9-12H,2,5-8H2,1H3,(H,28,29). The van der Waals surface area contributed by atoms with Gasteiger partial charge in [0.05, 0.1) is 17.5 Å². The Labute approximate surface area is 170 Å². The summed E-state index contributed by atoms with van der Waals surface area (Å²) in [6.45, 7) is 3.87. The molecule has 9 heteroatoms. The third-order valence-electron chi connectivity index (χ3n) is 5.36. The van der Waals surface area contributed by atoms with E-state index in [0.717, 1.165) is 6.07 Å². The molecule has 156 valence electrons. The molecule has 3 aromatic rings. The fourth-order valence-electron chi connectivity index (χ4n) is 3.76. The number of carbonyl (C=O) groups is 2. The van der Waals surface area contributed by atoms with Crippen LogP contribution in [0, 0.1) is 5.82 Å². The number of benzene rings is 1. The molecule has 1 N–H and O–H groups in total. The van der Waals surface area contributed by atoms with E-state index >= 15 is 0 Å². The monoisotopic (exact) mass is 413 g/mol. The Hall–Kier alpha value is -3.62. The fraction of sp³-hybridized carbons (Fsp3) is 0.286. The van der Waals surface area contributed by atoms with Crippen LogP contribution in [0.2, 0.25) is 0 Å². The molecule has 8 nitrogen and oxygen atoms in total. The number of fused-ring (bicyclic) bond motifs is 1. The molecule has 0 unspecified atom stereocenters. The van der Waals surface area contributed by atoms with Crippen LogP contribution in [0.5, 0.6) is 0 Å². The maximum atomic E-state index is 14.9. The molecule has 0 aliphatic carbocycles. The third kappa shape index (κ3) is 3.32. The van der Waals surface area contributed by atoms with Crippen LogP contribution in [-0.4, -0.2) is 52.6 Å². The van der Waals surface area contributed by atoms with Crippen LogP contribution in [0.15, 0.2) is 45.9 Å². The number of carbonyl (C=O) groups excluding carboxylic acids is 1. The SMILES string of the molecule is CCn1cc(C(=O)O)c(=O)c2cc(F)c(N3CCN(C(=O)c4ccco4)CC3)cc21. The molecule has 0 spiro atoms. The highest BCUT2D eigenvalue weighted by Gasteiger charge is 2.26. The van der Waals surface area contributed by atoms with Crippen molar-refractivity contribution in [1.82, 2.24) is 9.47 Å². The first-order chi connectivity index (χ1) is 14.4. The second-order valence-electron chi connectivity index (χ2n) is 7.04. The molecule has 1 aliphatic heterocycles. The Morgan fingerprint density at radius 3 is 2.53 bits per heavy atom. The van der Waals surface area contributed by atoms with Crippen LogP contribution < -0.4 is 10.3 Å². The molecule has 0 saturated carbocycles. The molecule has 1 aromatic carbocycles. The molecule has 4 rings (SSSR count). The molecular weight excluding hydrogens is 393 g/mol. The molecule has 1 amide bonds. The number of nitrogens with zero attached hydrogens (tertiary/aromatic N) is 3. The third-order valence-corrected chi connectivity index (χ3v) is 5.36. The van der Waals surface area contributed by atoms with Gasteiger partial charge in [-0.1, -0.05) is 0 Å². The topological polar surface area (TPSA) is 96.0 Å². The second-order valence-corrected chi connectivity index (χ2v) is 7.04. The summed E-state index contributed by atoms with van der Waals surface area (Å²) >= 11 is 0. The van der Waals surface area contributed by atoms with Crippen molar-refractivity contribution in [3.8, 4) is 0 Å². The zero-order chi connectivity index (χ0) is 21.4. The van der Waals surface area contributed by atoms with Gasteiger partial charge in [-0.3, -0.25) is 9.59 Å². The van der Waals surface area contributed by atoms with E-state index < -0.39 is 17.2 Å². The molecule has 2 aromatic heterocycles. The Morgan fingerprint density at radius 1 is 1.20 bits per heavy atom. The Kier molecular flexibility index (Phi) is 5.03. The number of halogens is 1.